The number of rotatable bonds is 2. The molecule has 0 saturated carbocycles. The van der Waals surface area contributed by atoms with E-state index < -0.39 is 0 Å². The third kappa shape index (κ3) is 2.82. The minimum atomic E-state index is 0.0886. The van der Waals surface area contributed by atoms with Crippen molar-refractivity contribution < 1.29 is 4.79 Å². The normalized spacial score (nSPS) is 17.9. The molecule has 4 nitrogen and oxygen atoms in total. The van der Waals surface area contributed by atoms with Gasteiger partial charge in [0.2, 0.25) is 0 Å². The number of aromatic nitrogens is 1. The minimum absolute atomic E-state index is 0.0886. The molecule has 92 valence electrons. The number of Topliss-reactive ketones (excluding diaryl/α,β-unsaturated/α-hetero) is 1. The van der Waals surface area contributed by atoms with E-state index in [2.05, 4.69) is 21.8 Å². The lowest BCUT2D eigenvalue weighted by atomic mass is 10.1. The van der Waals surface area contributed by atoms with Gasteiger partial charge in [0.25, 0.3) is 0 Å². The maximum absolute atomic E-state index is 11.6. The molecule has 1 saturated heterocycles. The van der Waals surface area contributed by atoms with Crippen LogP contribution in [0.2, 0.25) is 0 Å². The van der Waals surface area contributed by atoms with Crippen LogP contribution >= 0.6 is 0 Å². The van der Waals surface area contributed by atoms with Crippen LogP contribution in [0.4, 0.5) is 5.82 Å². The van der Waals surface area contributed by atoms with Crippen LogP contribution in [0, 0.1) is 0 Å². The Morgan fingerprint density at radius 2 is 2.12 bits per heavy atom. The standard InChI is InChI=1S/C13H19N3O/c1-11(17)12-5-3-6-14-13(12)16-8-4-7-15(2)9-10-16/h3,5-6H,4,7-10H2,1-2H3. The molecule has 0 unspecified atom stereocenters. The van der Waals surface area contributed by atoms with Gasteiger partial charge in [-0.25, -0.2) is 4.98 Å². The van der Waals surface area contributed by atoms with E-state index in [-0.39, 0.29) is 5.78 Å². The van der Waals surface area contributed by atoms with E-state index in [1.54, 1.807) is 13.1 Å². The molecule has 0 amide bonds. The zero-order valence-corrected chi connectivity index (χ0v) is 10.5. The molecule has 0 N–H and O–H groups in total. The highest BCUT2D eigenvalue weighted by Crippen LogP contribution is 2.19. The lowest BCUT2D eigenvalue weighted by molar-refractivity contribution is 0.101. The van der Waals surface area contributed by atoms with Crippen LogP contribution in [0.15, 0.2) is 18.3 Å². The van der Waals surface area contributed by atoms with Crippen molar-refractivity contribution in [2.24, 2.45) is 0 Å². The summed E-state index contributed by atoms with van der Waals surface area (Å²) in [6.45, 7) is 5.65. The Kier molecular flexibility index (Phi) is 3.74. The van der Waals surface area contributed by atoms with Crippen molar-refractivity contribution in [3.63, 3.8) is 0 Å². The molecule has 1 aliphatic rings. The van der Waals surface area contributed by atoms with Crippen LogP contribution in [0.3, 0.4) is 0 Å². The summed E-state index contributed by atoms with van der Waals surface area (Å²) in [5, 5.41) is 0. The molecule has 1 aromatic heterocycles. The van der Waals surface area contributed by atoms with Gasteiger partial charge in [-0.1, -0.05) is 0 Å². The Balaban J connectivity index is 2.24. The first kappa shape index (κ1) is 12.0. The van der Waals surface area contributed by atoms with Crippen molar-refractivity contribution in [3.8, 4) is 0 Å². The number of likely N-dealkylation sites (N-methyl/N-ethyl adjacent to an activating group) is 1. The molecule has 1 fully saturated rings. The number of hydrogen-bond donors (Lipinski definition) is 0. The monoisotopic (exact) mass is 233 g/mol. The zero-order chi connectivity index (χ0) is 12.3. The summed E-state index contributed by atoms with van der Waals surface area (Å²) in [5.41, 5.74) is 0.733. The van der Waals surface area contributed by atoms with E-state index in [1.807, 2.05) is 12.1 Å². The van der Waals surface area contributed by atoms with Crippen LogP contribution in [-0.2, 0) is 0 Å². The van der Waals surface area contributed by atoms with Gasteiger partial charge in [-0.15, -0.1) is 0 Å². The fourth-order valence-corrected chi connectivity index (χ4v) is 2.18. The summed E-state index contributed by atoms with van der Waals surface area (Å²) < 4.78 is 0. The SMILES string of the molecule is CC(=O)c1cccnc1N1CCCN(C)CC1. The van der Waals surface area contributed by atoms with Gasteiger partial charge in [-0.05, 0) is 39.1 Å². The number of ketones is 1. The molecule has 2 heterocycles. The maximum atomic E-state index is 11.6. The average Bonchev–Trinajstić information content (AvgIpc) is 2.54. The summed E-state index contributed by atoms with van der Waals surface area (Å²) in [5.74, 6) is 0.931. The van der Waals surface area contributed by atoms with E-state index >= 15 is 0 Å². The highest BCUT2D eigenvalue weighted by Gasteiger charge is 2.17. The highest BCUT2D eigenvalue weighted by molar-refractivity contribution is 5.98. The molecule has 1 aromatic rings. The smallest absolute Gasteiger partial charge is 0.163 e. The largest absolute Gasteiger partial charge is 0.355 e. The van der Waals surface area contributed by atoms with Gasteiger partial charge >= 0.3 is 0 Å². The average molecular weight is 233 g/mol. The van der Waals surface area contributed by atoms with Crippen LogP contribution in [0.5, 0.6) is 0 Å². The van der Waals surface area contributed by atoms with Crippen molar-refractivity contribution in [3.05, 3.63) is 23.9 Å². The summed E-state index contributed by atoms with van der Waals surface area (Å²) in [6, 6.07) is 3.68. The molecule has 2 rings (SSSR count). The molecule has 0 spiro atoms. The van der Waals surface area contributed by atoms with E-state index in [1.165, 1.54) is 0 Å². The first-order chi connectivity index (χ1) is 8.18. The van der Waals surface area contributed by atoms with Crippen molar-refractivity contribution in [2.75, 3.05) is 38.1 Å². The van der Waals surface area contributed by atoms with Crippen molar-refractivity contribution in [1.29, 1.82) is 0 Å². The quantitative estimate of drug-likeness (QED) is 0.724. The molecular weight excluding hydrogens is 214 g/mol. The Morgan fingerprint density at radius 3 is 2.88 bits per heavy atom. The highest BCUT2D eigenvalue weighted by atomic mass is 16.1. The molecule has 0 aliphatic carbocycles. The van der Waals surface area contributed by atoms with Crippen molar-refractivity contribution in [1.82, 2.24) is 9.88 Å². The van der Waals surface area contributed by atoms with E-state index in [4.69, 9.17) is 0 Å². The van der Waals surface area contributed by atoms with Crippen LogP contribution in [0.25, 0.3) is 0 Å². The number of carbonyl (C=O) groups is 1. The fraction of sp³-hybridized carbons (Fsp3) is 0.538. The lowest BCUT2D eigenvalue weighted by Crippen LogP contribution is -2.30. The Labute approximate surface area is 102 Å². The lowest BCUT2D eigenvalue weighted by Gasteiger charge is -2.23. The van der Waals surface area contributed by atoms with Gasteiger partial charge in [-0.3, -0.25) is 4.79 Å². The minimum Gasteiger partial charge on any atom is -0.355 e. The fourth-order valence-electron chi connectivity index (χ4n) is 2.18. The second-order valence-corrected chi connectivity index (χ2v) is 4.57. The molecule has 0 bridgehead atoms. The zero-order valence-electron chi connectivity index (χ0n) is 10.5. The number of nitrogens with zero attached hydrogens (tertiary/aromatic N) is 3. The first-order valence-electron chi connectivity index (χ1n) is 6.08. The molecule has 0 atom stereocenters. The first-order valence-corrected chi connectivity index (χ1v) is 6.08. The number of carbonyl (C=O) groups excluding carboxylic acids is 1. The molecule has 0 radical (unpaired) electrons. The van der Waals surface area contributed by atoms with Crippen LogP contribution in [-0.4, -0.2) is 48.9 Å². The Bertz CT molecular complexity index is 405. The third-order valence-electron chi connectivity index (χ3n) is 3.19. The topological polar surface area (TPSA) is 36.4 Å². The van der Waals surface area contributed by atoms with Crippen molar-refractivity contribution >= 4 is 11.6 Å². The van der Waals surface area contributed by atoms with E-state index in [0.717, 1.165) is 44.0 Å². The second-order valence-electron chi connectivity index (χ2n) is 4.57. The van der Waals surface area contributed by atoms with Gasteiger partial charge in [0.15, 0.2) is 5.78 Å². The van der Waals surface area contributed by atoms with E-state index in [9.17, 15) is 4.79 Å². The van der Waals surface area contributed by atoms with Gasteiger partial charge in [0.1, 0.15) is 5.82 Å². The number of hydrogen-bond acceptors (Lipinski definition) is 4. The summed E-state index contributed by atoms with van der Waals surface area (Å²) in [7, 11) is 2.13. The van der Waals surface area contributed by atoms with Crippen molar-refractivity contribution in [2.45, 2.75) is 13.3 Å². The number of pyridine rings is 1. The summed E-state index contributed by atoms with van der Waals surface area (Å²) >= 11 is 0. The maximum Gasteiger partial charge on any atom is 0.163 e. The second kappa shape index (κ2) is 5.27. The van der Waals surface area contributed by atoms with Crippen LogP contribution < -0.4 is 4.90 Å². The van der Waals surface area contributed by atoms with Gasteiger partial charge in [-0.2, -0.15) is 0 Å². The van der Waals surface area contributed by atoms with E-state index in [0.29, 0.717) is 0 Å². The van der Waals surface area contributed by atoms with Gasteiger partial charge in [0, 0.05) is 25.8 Å². The predicted molar refractivity (Wildman–Crippen MR) is 68.6 cm³/mol. The molecule has 0 aromatic carbocycles. The molecule has 1 aliphatic heterocycles. The molecule has 17 heavy (non-hydrogen) atoms. The molecule has 4 heteroatoms. The Hall–Kier alpha value is -1.42. The predicted octanol–water partition coefficient (Wildman–Crippen LogP) is 1.43. The number of anilines is 1. The third-order valence-corrected chi connectivity index (χ3v) is 3.19. The summed E-state index contributed by atoms with van der Waals surface area (Å²) in [6.07, 6.45) is 2.88. The van der Waals surface area contributed by atoms with Gasteiger partial charge in [0.05, 0.1) is 5.56 Å². The van der Waals surface area contributed by atoms with Gasteiger partial charge < -0.3 is 9.80 Å². The Morgan fingerprint density at radius 1 is 1.29 bits per heavy atom. The summed E-state index contributed by atoms with van der Waals surface area (Å²) in [4.78, 5) is 20.5. The van der Waals surface area contributed by atoms with Crippen LogP contribution in [0.1, 0.15) is 23.7 Å². The molecular formula is C13H19N3O.